The van der Waals surface area contributed by atoms with Crippen molar-refractivity contribution in [3.05, 3.63) is 66.7 Å². The zero-order valence-electron chi connectivity index (χ0n) is 11.9. The second kappa shape index (κ2) is 7.04. The van der Waals surface area contributed by atoms with Crippen molar-refractivity contribution in [2.45, 2.75) is 4.90 Å². The van der Waals surface area contributed by atoms with Crippen LogP contribution in [-0.2, 0) is 14.6 Å². The predicted molar refractivity (Wildman–Crippen MR) is 85.5 cm³/mol. The van der Waals surface area contributed by atoms with Gasteiger partial charge in [-0.2, -0.15) is 0 Å². The number of carbonyl (C=O) groups excluding carboxylic acids is 1. The average Bonchev–Trinajstić information content (AvgIpc) is 2.54. The van der Waals surface area contributed by atoms with Crippen molar-refractivity contribution in [2.75, 3.05) is 12.4 Å². The molecule has 2 rings (SSSR count). The maximum atomic E-state index is 12.0. The van der Waals surface area contributed by atoms with Gasteiger partial charge in [-0.3, -0.25) is 4.79 Å². The second-order valence-corrected chi connectivity index (χ2v) is 6.66. The first kappa shape index (κ1) is 16.0. The Morgan fingerprint density at radius 1 is 1.05 bits per heavy atom. The molecule has 0 heterocycles. The first-order chi connectivity index (χ1) is 10.5. The van der Waals surface area contributed by atoms with Gasteiger partial charge in [-0.25, -0.2) is 8.42 Å². The highest BCUT2D eigenvalue weighted by molar-refractivity contribution is 7.92. The van der Waals surface area contributed by atoms with E-state index in [1.54, 1.807) is 48.5 Å². The monoisotopic (exact) mass is 316 g/mol. The number of benzene rings is 2. The number of hydrogen-bond acceptors (Lipinski definition) is 4. The molecule has 0 saturated heterocycles. The van der Waals surface area contributed by atoms with E-state index in [2.05, 4.69) is 6.58 Å². The Labute approximate surface area is 130 Å². The molecule has 0 unspecified atom stereocenters. The lowest BCUT2D eigenvalue weighted by atomic mass is 10.2. The lowest BCUT2D eigenvalue weighted by Gasteiger charge is -2.07. The van der Waals surface area contributed by atoms with E-state index in [4.69, 9.17) is 4.74 Å². The van der Waals surface area contributed by atoms with Gasteiger partial charge in [-0.15, -0.1) is 0 Å². The summed E-state index contributed by atoms with van der Waals surface area (Å²) in [6.45, 7) is 3.36. The molecule has 5 heteroatoms. The van der Waals surface area contributed by atoms with Crippen LogP contribution in [0.2, 0.25) is 0 Å². The van der Waals surface area contributed by atoms with Crippen molar-refractivity contribution >= 4 is 21.7 Å². The average molecular weight is 316 g/mol. The quantitative estimate of drug-likeness (QED) is 0.788. The molecule has 0 N–H and O–H groups in total. The second-order valence-electron chi connectivity index (χ2n) is 4.67. The Balaban J connectivity index is 1.94. The molecule has 0 aromatic heterocycles. The minimum Gasteiger partial charge on any atom is -0.486 e. The van der Waals surface area contributed by atoms with E-state index in [9.17, 15) is 13.2 Å². The Bertz CT molecular complexity index is 747. The highest BCUT2D eigenvalue weighted by atomic mass is 32.2. The van der Waals surface area contributed by atoms with Gasteiger partial charge in [0.1, 0.15) is 18.1 Å². The van der Waals surface area contributed by atoms with Crippen LogP contribution in [-0.4, -0.2) is 26.6 Å². The molecule has 0 fully saturated rings. The van der Waals surface area contributed by atoms with Crippen LogP contribution in [0, 0.1) is 0 Å². The van der Waals surface area contributed by atoms with Gasteiger partial charge in [-0.1, -0.05) is 43.0 Å². The van der Waals surface area contributed by atoms with Crippen LogP contribution in [0.25, 0.3) is 6.08 Å². The van der Waals surface area contributed by atoms with E-state index in [0.29, 0.717) is 5.75 Å². The molecule has 0 aliphatic heterocycles. The third-order valence-electron chi connectivity index (χ3n) is 2.97. The van der Waals surface area contributed by atoms with Crippen molar-refractivity contribution in [2.24, 2.45) is 0 Å². The highest BCUT2D eigenvalue weighted by Crippen LogP contribution is 2.14. The Morgan fingerprint density at radius 3 is 2.27 bits per heavy atom. The maximum absolute atomic E-state index is 12.0. The molecule has 2 aromatic carbocycles. The summed E-state index contributed by atoms with van der Waals surface area (Å²) in [6, 6.07) is 14.9. The number of hydrogen-bond donors (Lipinski definition) is 0. The molecule has 22 heavy (non-hydrogen) atoms. The molecule has 0 bridgehead atoms. The highest BCUT2D eigenvalue weighted by Gasteiger charge is 2.19. The minimum atomic E-state index is -3.62. The van der Waals surface area contributed by atoms with Crippen LogP contribution in [0.5, 0.6) is 5.75 Å². The van der Waals surface area contributed by atoms with E-state index in [-0.39, 0.29) is 11.5 Å². The van der Waals surface area contributed by atoms with Gasteiger partial charge in [-0.05, 0) is 29.8 Å². The van der Waals surface area contributed by atoms with Gasteiger partial charge in [0.15, 0.2) is 15.6 Å². The standard InChI is InChI=1S/C17H16O4S/c1-2-14-8-10-16(11-9-14)21-12-15(18)13-22(19,20)17-6-4-3-5-7-17/h2-11H,1,12-13H2. The molecular formula is C17H16O4S. The molecule has 0 atom stereocenters. The maximum Gasteiger partial charge on any atom is 0.185 e. The Morgan fingerprint density at radius 2 is 1.68 bits per heavy atom. The fourth-order valence-corrected chi connectivity index (χ4v) is 3.07. The molecule has 2 aromatic rings. The van der Waals surface area contributed by atoms with Gasteiger partial charge in [0.2, 0.25) is 0 Å². The number of rotatable bonds is 7. The minimum absolute atomic E-state index is 0.138. The predicted octanol–water partition coefficient (Wildman–Crippen LogP) is 2.75. The summed E-state index contributed by atoms with van der Waals surface area (Å²) < 4.78 is 29.4. The molecule has 0 amide bonds. The number of sulfone groups is 1. The molecule has 4 nitrogen and oxygen atoms in total. The van der Waals surface area contributed by atoms with Crippen LogP contribution >= 0.6 is 0 Å². The van der Waals surface area contributed by atoms with Crippen molar-refractivity contribution in [3.8, 4) is 5.75 Å². The lowest BCUT2D eigenvalue weighted by molar-refractivity contribution is -0.118. The molecule has 0 radical (unpaired) electrons. The van der Waals surface area contributed by atoms with E-state index in [1.165, 1.54) is 12.1 Å². The molecule has 0 saturated carbocycles. The van der Waals surface area contributed by atoms with Crippen molar-refractivity contribution in [1.29, 1.82) is 0 Å². The van der Waals surface area contributed by atoms with Crippen molar-refractivity contribution < 1.29 is 17.9 Å². The molecule has 0 spiro atoms. The van der Waals surface area contributed by atoms with E-state index < -0.39 is 21.4 Å². The van der Waals surface area contributed by atoms with Gasteiger partial charge in [0.05, 0.1) is 4.90 Å². The van der Waals surface area contributed by atoms with E-state index in [0.717, 1.165) is 5.56 Å². The Hall–Kier alpha value is -2.40. The fraction of sp³-hybridized carbons (Fsp3) is 0.118. The van der Waals surface area contributed by atoms with Gasteiger partial charge >= 0.3 is 0 Å². The topological polar surface area (TPSA) is 60.4 Å². The summed E-state index contributed by atoms with van der Waals surface area (Å²) in [4.78, 5) is 11.9. The zero-order chi connectivity index (χ0) is 16.0. The van der Waals surface area contributed by atoms with Gasteiger partial charge in [0.25, 0.3) is 0 Å². The van der Waals surface area contributed by atoms with Crippen molar-refractivity contribution in [1.82, 2.24) is 0 Å². The summed E-state index contributed by atoms with van der Waals surface area (Å²) in [6.07, 6.45) is 1.70. The number of Topliss-reactive ketones (excluding diaryl/α,β-unsaturated/α-hetero) is 1. The van der Waals surface area contributed by atoms with Gasteiger partial charge in [0, 0.05) is 0 Å². The largest absolute Gasteiger partial charge is 0.486 e. The molecule has 114 valence electrons. The normalized spacial score (nSPS) is 10.9. The van der Waals surface area contributed by atoms with Crippen LogP contribution in [0.3, 0.4) is 0 Å². The summed E-state index contributed by atoms with van der Waals surface area (Å²) in [5.74, 6) is -0.547. The van der Waals surface area contributed by atoms with Crippen LogP contribution in [0.1, 0.15) is 5.56 Å². The molecule has 0 aliphatic carbocycles. The SMILES string of the molecule is C=Cc1ccc(OCC(=O)CS(=O)(=O)c2ccccc2)cc1. The summed E-state index contributed by atoms with van der Waals surface area (Å²) in [7, 11) is -3.62. The molecule has 0 aliphatic rings. The van der Waals surface area contributed by atoms with Gasteiger partial charge < -0.3 is 4.74 Å². The fourth-order valence-electron chi connectivity index (χ4n) is 1.83. The third-order valence-corrected chi connectivity index (χ3v) is 4.66. The molecular weight excluding hydrogens is 300 g/mol. The number of ether oxygens (including phenoxy) is 1. The first-order valence-electron chi connectivity index (χ1n) is 6.66. The van der Waals surface area contributed by atoms with Crippen LogP contribution < -0.4 is 4.74 Å². The summed E-state index contributed by atoms with van der Waals surface area (Å²) in [5.41, 5.74) is 0.935. The van der Waals surface area contributed by atoms with E-state index >= 15 is 0 Å². The van der Waals surface area contributed by atoms with Crippen LogP contribution in [0.15, 0.2) is 66.1 Å². The van der Waals surface area contributed by atoms with Crippen molar-refractivity contribution in [3.63, 3.8) is 0 Å². The smallest absolute Gasteiger partial charge is 0.185 e. The van der Waals surface area contributed by atoms with Crippen LogP contribution in [0.4, 0.5) is 0 Å². The summed E-state index contributed by atoms with van der Waals surface area (Å²) in [5, 5.41) is 0. The first-order valence-corrected chi connectivity index (χ1v) is 8.31. The van der Waals surface area contributed by atoms with E-state index in [1.807, 2.05) is 0 Å². The zero-order valence-corrected chi connectivity index (χ0v) is 12.8. The lowest BCUT2D eigenvalue weighted by Crippen LogP contribution is -2.22. The number of ketones is 1. The number of carbonyl (C=O) groups is 1. The Kier molecular flexibility index (Phi) is 5.12. The summed E-state index contributed by atoms with van der Waals surface area (Å²) >= 11 is 0. The third kappa shape index (κ3) is 4.30.